The molecule has 0 atom stereocenters. The lowest BCUT2D eigenvalue weighted by atomic mass is 9.95. The number of hydrogen-bond donors (Lipinski definition) is 2. The van der Waals surface area contributed by atoms with Crippen molar-refractivity contribution in [3.05, 3.63) is 21.3 Å². The van der Waals surface area contributed by atoms with Crippen molar-refractivity contribution in [3.8, 4) is 11.5 Å². The number of rotatable bonds is 9. The van der Waals surface area contributed by atoms with E-state index in [1.165, 1.54) is 19.3 Å². The first-order valence-corrected chi connectivity index (χ1v) is 10.4. The summed E-state index contributed by atoms with van der Waals surface area (Å²) < 4.78 is 12.3. The Morgan fingerprint density at radius 2 is 1.96 bits per heavy atom. The van der Waals surface area contributed by atoms with Gasteiger partial charge >= 0.3 is 0 Å². The average molecular weight is 473 g/mol. The number of nitrogens with one attached hydrogen (secondary N) is 2. The van der Waals surface area contributed by atoms with E-state index in [1.807, 2.05) is 26.0 Å². The molecule has 1 aromatic carbocycles. The highest BCUT2D eigenvalue weighted by Gasteiger charge is 2.14. The van der Waals surface area contributed by atoms with E-state index in [9.17, 15) is 4.79 Å². The van der Waals surface area contributed by atoms with E-state index in [1.54, 1.807) is 6.21 Å². The predicted molar refractivity (Wildman–Crippen MR) is 112 cm³/mol. The first-order valence-electron chi connectivity index (χ1n) is 9.28. The molecule has 2 N–H and O–H groups in total. The second-order valence-corrected chi connectivity index (χ2v) is 7.37. The molecular formula is C19H28IN3O3. The third kappa shape index (κ3) is 6.75. The summed E-state index contributed by atoms with van der Waals surface area (Å²) in [6.45, 7) is 5.31. The summed E-state index contributed by atoms with van der Waals surface area (Å²) in [7, 11) is 0. The summed E-state index contributed by atoms with van der Waals surface area (Å²) in [5.41, 5.74) is 3.42. The number of hydrogen-bond acceptors (Lipinski definition) is 5. The van der Waals surface area contributed by atoms with E-state index in [2.05, 4.69) is 38.4 Å². The van der Waals surface area contributed by atoms with E-state index in [0.29, 0.717) is 31.5 Å². The number of ether oxygens (including phenoxy) is 2. The molecule has 26 heavy (non-hydrogen) atoms. The lowest BCUT2D eigenvalue weighted by molar-refractivity contribution is -0.120. The molecule has 0 aromatic heterocycles. The van der Waals surface area contributed by atoms with Crippen molar-refractivity contribution in [3.63, 3.8) is 0 Å². The molecule has 1 fully saturated rings. The van der Waals surface area contributed by atoms with Crippen LogP contribution in [0.3, 0.4) is 0 Å². The van der Waals surface area contributed by atoms with E-state index >= 15 is 0 Å². The highest BCUT2D eigenvalue weighted by atomic mass is 127. The van der Waals surface area contributed by atoms with Crippen LogP contribution in [-0.4, -0.2) is 37.9 Å². The molecule has 1 aliphatic carbocycles. The minimum Gasteiger partial charge on any atom is -0.490 e. The molecule has 0 spiro atoms. The topological polar surface area (TPSA) is 72.0 Å². The van der Waals surface area contributed by atoms with Crippen LogP contribution in [0, 0.1) is 3.57 Å². The molecule has 144 valence electrons. The largest absolute Gasteiger partial charge is 0.490 e. The van der Waals surface area contributed by atoms with E-state index < -0.39 is 0 Å². The lowest BCUT2D eigenvalue weighted by Gasteiger charge is -2.22. The molecule has 0 heterocycles. The monoisotopic (exact) mass is 473 g/mol. The minimum atomic E-state index is -0.127. The van der Waals surface area contributed by atoms with E-state index in [-0.39, 0.29) is 5.91 Å². The molecule has 2 rings (SSSR count). The van der Waals surface area contributed by atoms with Gasteiger partial charge in [0.05, 0.1) is 29.5 Å². The molecular weight excluding hydrogens is 445 g/mol. The molecule has 0 saturated heterocycles. The highest BCUT2D eigenvalue weighted by molar-refractivity contribution is 14.1. The van der Waals surface area contributed by atoms with Gasteiger partial charge in [-0.2, -0.15) is 5.10 Å². The maximum absolute atomic E-state index is 11.9. The van der Waals surface area contributed by atoms with Crippen molar-refractivity contribution in [2.45, 2.75) is 52.0 Å². The number of halogens is 1. The third-order valence-electron chi connectivity index (χ3n) is 4.18. The van der Waals surface area contributed by atoms with Gasteiger partial charge in [0.2, 0.25) is 0 Å². The maximum Gasteiger partial charge on any atom is 0.254 e. The Balaban J connectivity index is 1.89. The van der Waals surface area contributed by atoms with Gasteiger partial charge in [0.1, 0.15) is 0 Å². The second-order valence-electron chi connectivity index (χ2n) is 6.21. The van der Waals surface area contributed by atoms with E-state index in [0.717, 1.165) is 27.7 Å². The Morgan fingerprint density at radius 3 is 2.65 bits per heavy atom. The van der Waals surface area contributed by atoms with Gasteiger partial charge in [-0.1, -0.05) is 19.3 Å². The lowest BCUT2D eigenvalue weighted by Crippen LogP contribution is -2.38. The Hall–Kier alpha value is -1.35. The van der Waals surface area contributed by atoms with Gasteiger partial charge in [0.15, 0.2) is 11.5 Å². The first kappa shape index (κ1) is 21.0. The Kier molecular flexibility index (Phi) is 9.17. The third-order valence-corrected chi connectivity index (χ3v) is 4.98. The fourth-order valence-corrected chi connectivity index (χ4v) is 3.75. The van der Waals surface area contributed by atoms with Crippen LogP contribution in [0.5, 0.6) is 11.5 Å². The van der Waals surface area contributed by atoms with Gasteiger partial charge in [-0.15, -0.1) is 0 Å². The molecule has 0 aliphatic heterocycles. The standard InChI is InChI=1S/C19H28IN3O3/c1-3-25-17-11-14(10-16(20)19(17)26-4-2)12-22-23-18(24)13-21-15-8-6-5-7-9-15/h10-12,15,21H,3-9,13H2,1-2H3,(H,23,24)/b22-12-. The summed E-state index contributed by atoms with van der Waals surface area (Å²) in [4.78, 5) is 11.9. The van der Waals surface area contributed by atoms with Crippen LogP contribution < -0.4 is 20.2 Å². The van der Waals surface area contributed by atoms with Gasteiger partial charge in [0, 0.05) is 6.04 Å². The predicted octanol–water partition coefficient (Wildman–Crippen LogP) is 3.46. The summed E-state index contributed by atoms with van der Waals surface area (Å²) in [5, 5.41) is 7.36. The number of amides is 1. The Labute approximate surface area is 169 Å². The van der Waals surface area contributed by atoms with Crippen LogP contribution >= 0.6 is 22.6 Å². The zero-order valence-corrected chi connectivity index (χ0v) is 17.7. The van der Waals surface area contributed by atoms with Crippen LogP contribution in [0.2, 0.25) is 0 Å². The maximum atomic E-state index is 11.9. The van der Waals surface area contributed by atoms with E-state index in [4.69, 9.17) is 9.47 Å². The Bertz CT molecular complexity index is 616. The van der Waals surface area contributed by atoms with Crippen LogP contribution in [0.1, 0.15) is 51.5 Å². The zero-order chi connectivity index (χ0) is 18.8. The van der Waals surface area contributed by atoms with Crippen molar-refractivity contribution in [1.82, 2.24) is 10.7 Å². The fraction of sp³-hybridized carbons (Fsp3) is 0.579. The summed E-state index contributed by atoms with van der Waals surface area (Å²) >= 11 is 2.21. The van der Waals surface area contributed by atoms with Gasteiger partial charge < -0.3 is 14.8 Å². The van der Waals surface area contributed by atoms with Crippen molar-refractivity contribution in [1.29, 1.82) is 0 Å². The van der Waals surface area contributed by atoms with Gasteiger partial charge in [-0.25, -0.2) is 5.43 Å². The number of carbonyl (C=O) groups excluding carboxylic acids is 1. The van der Waals surface area contributed by atoms with Gasteiger partial charge in [0.25, 0.3) is 5.91 Å². The van der Waals surface area contributed by atoms with Crippen molar-refractivity contribution >= 4 is 34.7 Å². The average Bonchev–Trinajstić information content (AvgIpc) is 2.64. The van der Waals surface area contributed by atoms with Crippen LogP contribution in [0.25, 0.3) is 0 Å². The van der Waals surface area contributed by atoms with Crippen molar-refractivity contribution in [2.75, 3.05) is 19.8 Å². The Morgan fingerprint density at radius 1 is 1.23 bits per heavy atom. The SMILES string of the molecule is CCOc1cc(/C=N\NC(=O)CNC2CCCCC2)cc(I)c1OCC. The van der Waals surface area contributed by atoms with Crippen LogP contribution in [0.4, 0.5) is 0 Å². The molecule has 7 heteroatoms. The highest BCUT2D eigenvalue weighted by Crippen LogP contribution is 2.33. The molecule has 1 amide bonds. The first-order chi connectivity index (χ1) is 12.6. The van der Waals surface area contributed by atoms with Gasteiger partial charge in [-0.05, 0) is 67.0 Å². The van der Waals surface area contributed by atoms with Crippen molar-refractivity contribution < 1.29 is 14.3 Å². The zero-order valence-electron chi connectivity index (χ0n) is 15.5. The van der Waals surface area contributed by atoms with Crippen LogP contribution in [-0.2, 0) is 4.79 Å². The quantitative estimate of drug-likeness (QED) is 0.328. The molecule has 0 radical (unpaired) electrons. The smallest absolute Gasteiger partial charge is 0.254 e. The fourth-order valence-electron chi connectivity index (χ4n) is 2.97. The summed E-state index contributed by atoms with van der Waals surface area (Å²) in [5.74, 6) is 1.30. The number of carbonyl (C=O) groups is 1. The van der Waals surface area contributed by atoms with Crippen LogP contribution in [0.15, 0.2) is 17.2 Å². The molecule has 0 unspecified atom stereocenters. The number of benzene rings is 1. The molecule has 1 aliphatic rings. The second kappa shape index (κ2) is 11.4. The number of nitrogens with zero attached hydrogens (tertiary/aromatic N) is 1. The molecule has 0 bridgehead atoms. The summed E-state index contributed by atoms with van der Waals surface area (Å²) in [6.07, 6.45) is 7.73. The number of hydrazone groups is 1. The molecule has 1 aromatic rings. The summed E-state index contributed by atoms with van der Waals surface area (Å²) in [6, 6.07) is 4.27. The molecule has 1 saturated carbocycles. The minimum absolute atomic E-state index is 0.127. The van der Waals surface area contributed by atoms with Crippen molar-refractivity contribution in [2.24, 2.45) is 5.10 Å². The molecule has 6 nitrogen and oxygen atoms in total. The normalized spacial score (nSPS) is 15.2. The van der Waals surface area contributed by atoms with Gasteiger partial charge in [-0.3, -0.25) is 4.79 Å².